The standard InChI is InChI=1S/C23H27N3O2S/c27-22(25-15-7-2-8-16-25)21-17-26(19-11-5-6-12-20(19)28-21)23(29)24-14-13-18-9-3-1-4-10-18/h1,3-6,9-12,21H,2,7-8,13-17H2,(H,24,29)/t21-/m1/s1. The number of likely N-dealkylation sites (tertiary alicyclic amines) is 1. The molecule has 4 rings (SSSR count). The number of ether oxygens (including phenoxy) is 1. The predicted octanol–water partition coefficient (Wildman–Crippen LogP) is 3.38. The smallest absolute Gasteiger partial charge is 0.265 e. The first-order valence-electron chi connectivity index (χ1n) is 10.4. The van der Waals surface area contributed by atoms with Gasteiger partial charge in [0.2, 0.25) is 0 Å². The van der Waals surface area contributed by atoms with Gasteiger partial charge in [0.25, 0.3) is 5.91 Å². The first kappa shape index (κ1) is 19.7. The van der Waals surface area contributed by atoms with E-state index in [1.807, 2.05) is 52.3 Å². The van der Waals surface area contributed by atoms with E-state index in [4.69, 9.17) is 17.0 Å². The van der Waals surface area contributed by atoms with Gasteiger partial charge in [0.15, 0.2) is 11.2 Å². The number of nitrogens with one attached hydrogen (secondary N) is 1. The molecule has 0 unspecified atom stereocenters. The Bertz CT molecular complexity index is 852. The summed E-state index contributed by atoms with van der Waals surface area (Å²) in [6, 6.07) is 18.1. The number of carbonyl (C=O) groups excluding carboxylic acids is 1. The molecule has 1 fully saturated rings. The average molecular weight is 410 g/mol. The van der Waals surface area contributed by atoms with E-state index in [1.54, 1.807) is 0 Å². The Kier molecular flexibility index (Phi) is 6.30. The normalized spacial score (nSPS) is 18.6. The Morgan fingerprint density at radius 3 is 2.55 bits per heavy atom. The molecule has 0 aliphatic carbocycles. The second kappa shape index (κ2) is 9.27. The second-order valence-corrected chi connectivity index (χ2v) is 7.92. The molecule has 1 N–H and O–H groups in total. The van der Waals surface area contributed by atoms with Gasteiger partial charge < -0.3 is 19.9 Å². The molecule has 2 aliphatic rings. The number of piperidine rings is 1. The largest absolute Gasteiger partial charge is 0.476 e. The van der Waals surface area contributed by atoms with Crippen LogP contribution in [-0.4, -0.2) is 48.2 Å². The third kappa shape index (κ3) is 4.70. The van der Waals surface area contributed by atoms with Crippen molar-refractivity contribution < 1.29 is 9.53 Å². The fraction of sp³-hybridized carbons (Fsp3) is 0.391. The number of amides is 1. The van der Waals surface area contributed by atoms with Crippen LogP contribution in [-0.2, 0) is 11.2 Å². The summed E-state index contributed by atoms with van der Waals surface area (Å²) in [5.74, 6) is 0.776. The zero-order chi connectivity index (χ0) is 20.1. The number of hydrogen-bond acceptors (Lipinski definition) is 3. The van der Waals surface area contributed by atoms with Crippen LogP contribution in [0, 0.1) is 0 Å². The number of thiocarbonyl (C=S) groups is 1. The minimum Gasteiger partial charge on any atom is -0.476 e. The highest BCUT2D eigenvalue weighted by molar-refractivity contribution is 7.80. The predicted molar refractivity (Wildman–Crippen MR) is 119 cm³/mol. The lowest BCUT2D eigenvalue weighted by Crippen LogP contribution is -2.54. The lowest BCUT2D eigenvalue weighted by atomic mass is 10.1. The monoisotopic (exact) mass is 409 g/mol. The molecule has 2 aliphatic heterocycles. The van der Waals surface area contributed by atoms with Crippen molar-refractivity contribution in [2.24, 2.45) is 0 Å². The van der Waals surface area contributed by atoms with E-state index in [1.165, 1.54) is 12.0 Å². The third-order valence-electron chi connectivity index (χ3n) is 5.49. The molecule has 0 radical (unpaired) electrons. The Hall–Kier alpha value is -2.60. The van der Waals surface area contributed by atoms with E-state index in [2.05, 4.69) is 17.4 Å². The molecule has 0 bridgehead atoms. The number of anilines is 1. The molecular weight excluding hydrogens is 382 g/mol. The summed E-state index contributed by atoms with van der Waals surface area (Å²) in [6.45, 7) is 2.82. The summed E-state index contributed by atoms with van der Waals surface area (Å²) in [5, 5.41) is 3.99. The van der Waals surface area contributed by atoms with Crippen LogP contribution in [0.15, 0.2) is 54.6 Å². The number of rotatable bonds is 4. The number of benzene rings is 2. The molecular formula is C23H27N3O2S. The first-order chi connectivity index (χ1) is 14.2. The lowest BCUT2D eigenvalue weighted by Gasteiger charge is -2.38. The maximum atomic E-state index is 13.0. The molecule has 5 nitrogen and oxygen atoms in total. The summed E-state index contributed by atoms with van der Waals surface area (Å²) in [7, 11) is 0. The Morgan fingerprint density at radius 2 is 1.76 bits per heavy atom. The van der Waals surface area contributed by atoms with Crippen LogP contribution in [0.5, 0.6) is 5.75 Å². The topological polar surface area (TPSA) is 44.8 Å². The van der Waals surface area contributed by atoms with Crippen LogP contribution in [0.2, 0.25) is 0 Å². The van der Waals surface area contributed by atoms with Gasteiger partial charge in [-0.2, -0.15) is 0 Å². The second-order valence-electron chi connectivity index (χ2n) is 7.54. The summed E-state index contributed by atoms with van der Waals surface area (Å²) in [4.78, 5) is 17.0. The fourth-order valence-electron chi connectivity index (χ4n) is 3.93. The molecule has 29 heavy (non-hydrogen) atoms. The van der Waals surface area contributed by atoms with E-state index in [0.29, 0.717) is 17.4 Å². The highest BCUT2D eigenvalue weighted by Gasteiger charge is 2.35. The van der Waals surface area contributed by atoms with Crippen molar-refractivity contribution in [3.8, 4) is 5.75 Å². The first-order valence-corrected chi connectivity index (χ1v) is 10.8. The number of nitrogens with zero attached hydrogens (tertiary/aromatic N) is 2. The van der Waals surface area contributed by atoms with E-state index >= 15 is 0 Å². The SMILES string of the molecule is O=C([C@H]1CN(C(=S)NCCc2ccccc2)c2ccccc2O1)N1CCCCC1. The molecule has 2 aromatic carbocycles. The van der Waals surface area contributed by atoms with E-state index in [-0.39, 0.29) is 5.91 Å². The maximum Gasteiger partial charge on any atom is 0.265 e. The molecule has 0 saturated carbocycles. The van der Waals surface area contributed by atoms with Crippen molar-refractivity contribution in [2.75, 3.05) is 31.1 Å². The summed E-state index contributed by atoms with van der Waals surface area (Å²) in [5.41, 5.74) is 2.18. The van der Waals surface area contributed by atoms with Crippen LogP contribution in [0.4, 0.5) is 5.69 Å². The number of carbonyl (C=O) groups is 1. The van der Waals surface area contributed by atoms with Gasteiger partial charge >= 0.3 is 0 Å². The summed E-state index contributed by atoms with van der Waals surface area (Å²) >= 11 is 5.70. The van der Waals surface area contributed by atoms with Gasteiger partial charge in [-0.3, -0.25) is 4.79 Å². The number of hydrogen-bond donors (Lipinski definition) is 1. The third-order valence-corrected chi connectivity index (χ3v) is 5.86. The minimum atomic E-state index is -0.531. The zero-order valence-corrected chi connectivity index (χ0v) is 17.4. The summed E-state index contributed by atoms with van der Waals surface area (Å²) in [6.07, 6.45) is 3.69. The maximum absolute atomic E-state index is 13.0. The van der Waals surface area contributed by atoms with Gasteiger partial charge in [-0.05, 0) is 55.6 Å². The highest BCUT2D eigenvalue weighted by atomic mass is 32.1. The molecule has 0 aromatic heterocycles. The van der Waals surface area contributed by atoms with Crippen LogP contribution in [0.1, 0.15) is 24.8 Å². The van der Waals surface area contributed by atoms with Crippen LogP contribution < -0.4 is 15.0 Å². The molecule has 0 spiro atoms. The van der Waals surface area contributed by atoms with Crippen LogP contribution in [0.3, 0.4) is 0 Å². The molecule has 2 heterocycles. The number of para-hydroxylation sites is 2. The Morgan fingerprint density at radius 1 is 1.03 bits per heavy atom. The fourth-order valence-corrected chi connectivity index (χ4v) is 4.20. The van der Waals surface area contributed by atoms with Crippen molar-refractivity contribution >= 4 is 28.9 Å². The van der Waals surface area contributed by atoms with Gasteiger partial charge in [0.05, 0.1) is 12.2 Å². The molecule has 6 heteroatoms. The van der Waals surface area contributed by atoms with Crippen molar-refractivity contribution in [2.45, 2.75) is 31.8 Å². The van der Waals surface area contributed by atoms with Gasteiger partial charge in [0, 0.05) is 19.6 Å². The van der Waals surface area contributed by atoms with Crippen molar-refractivity contribution in [1.82, 2.24) is 10.2 Å². The molecule has 1 amide bonds. The zero-order valence-electron chi connectivity index (χ0n) is 16.5. The average Bonchev–Trinajstić information content (AvgIpc) is 2.79. The van der Waals surface area contributed by atoms with Crippen molar-refractivity contribution in [1.29, 1.82) is 0 Å². The van der Waals surface area contributed by atoms with E-state index in [9.17, 15) is 4.79 Å². The molecule has 2 aromatic rings. The molecule has 1 saturated heterocycles. The van der Waals surface area contributed by atoms with Crippen LogP contribution >= 0.6 is 12.2 Å². The molecule has 152 valence electrons. The van der Waals surface area contributed by atoms with Gasteiger partial charge in [0.1, 0.15) is 5.75 Å². The highest BCUT2D eigenvalue weighted by Crippen LogP contribution is 2.33. The lowest BCUT2D eigenvalue weighted by molar-refractivity contribution is -0.139. The minimum absolute atomic E-state index is 0.0660. The molecule has 1 atom stereocenters. The van der Waals surface area contributed by atoms with Gasteiger partial charge in [-0.15, -0.1) is 0 Å². The number of fused-ring (bicyclic) bond motifs is 1. The quantitative estimate of drug-likeness (QED) is 0.785. The van der Waals surface area contributed by atoms with Crippen molar-refractivity contribution in [3.63, 3.8) is 0 Å². The van der Waals surface area contributed by atoms with Crippen LogP contribution in [0.25, 0.3) is 0 Å². The Balaban J connectivity index is 1.44. The van der Waals surface area contributed by atoms with Gasteiger partial charge in [-0.1, -0.05) is 42.5 Å². The van der Waals surface area contributed by atoms with Gasteiger partial charge in [-0.25, -0.2) is 0 Å². The van der Waals surface area contributed by atoms with E-state index < -0.39 is 6.10 Å². The van der Waals surface area contributed by atoms with E-state index in [0.717, 1.165) is 44.6 Å². The Labute approximate surface area is 177 Å². The summed E-state index contributed by atoms with van der Waals surface area (Å²) < 4.78 is 6.08. The van der Waals surface area contributed by atoms with Crippen molar-refractivity contribution in [3.05, 3.63) is 60.2 Å².